The highest BCUT2D eigenvalue weighted by Gasteiger charge is 2.51. The highest BCUT2D eigenvalue weighted by atomic mass is 35.5. The Bertz CT molecular complexity index is 1380. The van der Waals surface area contributed by atoms with E-state index in [0.29, 0.717) is 29.3 Å². The van der Waals surface area contributed by atoms with Crippen LogP contribution in [0.1, 0.15) is 32.6 Å². The van der Waals surface area contributed by atoms with E-state index in [1.807, 2.05) is 16.7 Å². The third kappa shape index (κ3) is 4.76. The van der Waals surface area contributed by atoms with Crippen LogP contribution in [0, 0.1) is 0 Å². The van der Waals surface area contributed by atoms with Crippen molar-refractivity contribution in [2.24, 2.45) is 5.11 Å². The number of rotatable bonds is 7. The molecular weight excluding hydrogens is 522 g/mol. The first kappa shape index (κ1) is 25.8. The fourth-order valence-corrected chi connectivity index (χ4v) is 11.6. The Balaban J connectivity index is 1.48. The van der Waals surface area contributed by atoms with Crippen LogP contribution in [0.2, 0.25) is 10.2 Å². The first-order valence-electron chi connectivity index (χ1n) is 12.1. The maximum atomic E-state index is 9.30. The Morgan fingerprint density at radius 3 is 2.32 bits per heavy atom. The number of imidazole rings is 1. The molecule has 1 aliphatic heterocycles. The van der Waals surface area contributed by atoms with E-state index in [1.54, 1.807) is 18.1 Å². The standard InChI is InChI=1S/C26H28ClN7OSSi/c1-26(2,3)37(19-10-6-4-7-11-19,20-12-8-5-9-13-20)35-15-18-14-21(32-33-28)25(36-18)34-17-31-22-23(27)29-16-30-24(22)34/h4-13,16-18,21,25H,14-15H2,1-3H3/t18-,21-,25?/m0/s1. The summed E-state index contributed by atoms with van der Waals surface area (Å²) < 4.78 is 9.10. The van der Waals surface area contributed by atoms with Crippen LogP contribution in [-0.2, 0) is 4.43 Å². The Hall–Kier alpha value is -2.88. The van der Waals surface area contributed by atoms with Crippen molar-refractivity contribution in [1.29, 1.82) is 0 Å². The number of nitrogens with zero attached hydrogens (tertiary/aromatic N) is 7. The van der Waals surface area contributed by atoms with Crippen LogP contribution in [0.4, 0.5) is 0 Å². The van der Waals surface area contributed by atoms with E-state index in [4.69, 9.17) is 16.0 Å². The second kappa shape index (κ2) is 10.5. The minimum absolute atomic E-state index is 0.114. The predicted octanol–water partition coefficient (Wildman–Crippen LogP) is 5.74. The number of thioether (sulfide) groups is 1. The van der Waals surface area contributed by atoms with Crippen LogP contribution in [0.5, 0.6) is 0 Å². The summed E-state index contributed by atoms with van der Waals surface area (Å²) in [6.45, 7) is 7.35. The molecule has 190 valence electrons. The van der Waals surface area contributed by atoms with Gasteiger partial charge in [-0.05, 0) is 27.4 Å². The SMILES string of the molecule is CC(C)(C)[Si](OC[C@@H]1C[C@H](N=[N+]=[N-])C(n2cnc3c(Cl)ncnc32)S1)(c1ccccc1)c1ccccc1. The number of azide groups is 1. The Labute approximate surface area is 226 Å². The molecule has 0 radical (unpaired) electrons. The summed E-state index contributed by atoms with van der Waals surface area (Å²) in [7, 11) is -2.67. The summed E-state index contributed by atoms with van der Waals surface area (Å²) in [5, 5.41) is 6.77. The van der Waals surface area contributed by atoms with Crippen LogP contribution < -0.4 is 10.4 Å². The van der Waals surface area contributed by atoms with Crippen LogP contribution in [-0.4, -0.2) is 45.7 Å². The number of halogens is 1. The van der Waals surface area contributed by atoms with Crippen LogP contribution in [0.3, 0.4) is 0 Å². The number of hydrogen-bond acceptors (Lipinski definition) is 6. The molecule has 0 bridgehead atoms. The van der Waals surface area contributed by atoms with E-state index in [0.717, 1.165) is 0 Å². The number of aromatic nitrogens is 4. The van der Waals surface area contributed by atoms with Gasteiger partial charge in [0.2, 0.25) is 0 Å². The van der Waals surface area contributed by atoms with Gasteiger partial charge in [0, 0.05) is 16.8 Å². The van der Waals surface area contributed by atoms with Gasteiger partial charge in [-0.15, -0.1) is 11.8 Å². The van der Waals surface area contributed by atoms with E-state index >= 15 is 0 Å². The maximum Gasteiger partial charge on any atom is 0.261 e. The molecule has 3 heterocycles. The quantitative estimate of drug-likeness (QED) is 0.0961. The molecule has 8 nitrogen and oxygen atoms in total. The normalized spacial score (nSPS) is 20.2. The lowest BCUT2D eigenvalue weighted by molar-refractivity contribution is 0.292. The average Bonchev–Trinajstić information content (AvgIpc) is 3.50. The van der Waals surface area contributed by atoms with Gasteiger partial charge in [0.1, 0.15) is 11.8 Å². The van der Waals surface area contributed by atoms with E-state index in [2.05, 4.69) is 94.3 Å². The molecule has 11 heteroatoms. The van der Waals surface area contributed by atoms with Crippen molar-refractivity contribution >= 4 is 53.2 Å². The van der Waals surface area contributed by atoms with Crippen molar-refractivity contribution in [2.45, 2.75) is 48.9 Å². The molecule has 1 fully saturated rings. The Morgan fingerprint density at radius 1 is 1.08 bits per heavy atom. The maximum absolute atomic E-state index is 9.30. The zero-order valence-corrected chi connectivity index (χ0v) is 23.5. The molecular formula is C26H28ClN7OSSi. The average molecular weight is 550 g/mol. The molecule has 0 amide bonds. The third-order valence-electron chi connectivity index (χ3n) is 6.86. The van der Waals surface area contributed by atoms with E-state index < -0.39 is 8.32 Å². The van der Waals surface area contributed by atoms with E-state index in [9.17, 15) is 5.53 Å². The highest BCUT2D eigenvalue weighted by Crippen LogP contribution is 2.46. The fraction of sp³-hybridized carbons (Fsp3) is 0.346. The van der Waals surface area contributed by atoms with Gasteiger partial charge in [-0.1, -0.05) is 98.2 Å². The fourth-order valence-electron chi connectivity index (χ4n) is 5.25. The van der Waals surface area contributed by atoms with Crippen molar-refractivity contribution in [3.63, 3.8) is 0 Å². The van der Waals surface area contributed by atoms with Crippen LogP contribution in [0.15, 0.2) is 78.4 Å². The van der Waals surface area contributed by atoms with Crippen molar-refractivity contribution in [2.75, 3.05) is 6.61 Å². The molecule has 4 aromatic rings. The molecule has 0 spiro atoms. The topological polar surface area (TPSA) is 102 Å². The van der Waals surface area contributed by atoms with Gasteiger partial charge in [-0.2, -0.15) is 0 Å². The van der Waals surface area contributed by atoms with Gasteiger partial charge < -0.3 is 8.99 Å². The van der Waals surface area contributed by atoms with E-state index in [1.165, 1.54) is 16.7 Å². The Morgan fingerprint density at radius 2 is 1.73 bits per heavy atom. The third-order valence-corrected chi connectivity index (χ3v) is 13.7. The predicted molar refractivity (Wildman–Crippen MR) is 152 cm³/mol. The largest absolute Gasteiger partial charge is 0.406 e. The summed E-state index contributed by atoms with van der Waals surface area (Å²) in [5.74, 6) is 0. The number of hydrogen-bond donors (Lipinski definition) is 0. The second-order valence-corrected chi connectivity index (χ2v) is 16.2. The molecule has 0 N–H and O–H groups in total. The molecule has 1 saturated heterocycles. The molecule has 1 unspecified atom stereocenters. The first-order valence-corrected chi connectivity index (χ1v) is 15.4. The molecule has 2 aromatic carbocycles. The lowest BCUT2D eigenvalue weighted by Gasteiger charge is -2.43. The molecule has 0 aliphatic carbocycles. The van der Waals surface area contributed by atoms with Crippen molar-refractivity contribution in [3.8, 4) is 0 Å². The summed E-state index contributed by atoms with van der Waals surface area (Å²) in [5.41, 5.74) is 10.5. The minimum atomic E-state index is -2.67. The molecule has 3 atom stereocenters. The molecule has 37 heavy (non-hydrogen) atoms. The van der Waals surface area contributed by atoms with Crippen molar-refractivity contribution in [1.82, 2.24) is 19.5 Å². The lowest BCUT2D eigenvalue weighted by atomic mass is 10.2. The van der Waals surface area contributed by atoms with Crippen LogP contribution >= 0.6 is 23.4 Å². The van der Waals surface area contributed by atoms with Gasteiger partial charge in [0.25, 0.3) is 8.32 Å². The van der Waals surface area contributed by atoms with Gasteiger partial charge in [0.05, 0.1) is 17.7 Å². The van der Waals surface area contributed by atoms with Crippen molar-refractivity contribution < 1.29 is 4.43 Å². The number of fused-ring (bicyclic) bond motifs is 1. The summed E-state index contributed by atoms with van der Waals surface area (Å²) >= 11 is 7.96. The zero-order valence-electron chi connectivity index (χ0n) is 20.9. The van der Waals surface area contributed by atoms with E-state index in [-0.39, 0.29) is 21.7 Å². The number of benzene rings is 2. The zero-order chi connectivity index (χ0) is 26.0. The second-order valence-electron chi connectivity index (χ2n) is 10.1. The van der Waals surface area contributed by atoms with Crippen molar-refractivity contribution in [3.05, 3.63) is 88.9 Å². The monoisotopic (exact) mass is 549 g/mol. The van der Waals surface area contributed by atoms with Gasteiger partial charge in [-0.25, -0.2) is 15.0 Å². The van der Waals surface area contributed by atoms with Gasteiger partial charge >= 0.3 is 0 Å². The molecule has 1 aliphatic rings. The minimum Gasteiger partial charge on any atom is -0.406 e. The van der Waals surface area contributed by atoms with Gasteiger partial charge in [0.15, 0.2) is 10.8 Å². The smallest absolute Gasteiger partial charge is 0.261 e. The Kier molecular flexibility index (Phi) is 7.29. The first-order chi connectivity index (χ1) is 17.8. The van der Waals surface area contributed by atoms with Crippen LogP contribution in [0.25, 0.3) is 21.6 Å². The molecule has 2 aromatic heterocycles. The highest BCUT2D eigenvalue weighted by molar-refractivity contribution is 8.00. The molecule has 0 saturated carbocycles. The lowest BCUT2D eigenvalue weighted by Crippen LogP contribution is -2.67. The summed E-state index contributed by atoms with van der Waals surface area (Å²) in [6.07, 6.45) is 3.82. The molecule has 5 rings (SSSR count). The van der Waals surface area contributed by atoms with Gasteiger partial charge in [-0.3, -0.25) is 0 Å². The summed E-state index contributed by atoms with van der Waals surface area (Å²) in [6, 6.07) is 20.9. The summed E-state index contributed by atoms with van der Waals surface area (Å²) in [4.78, 5) is 16.0.